The molecule has 0 aliphatic heterocycles. The summed E-state index contributed by atoms with van der Waals surface area (Å²) < 4.78 is 0. The Morgan fingerprint density at radius 2 is 1.76 bits per heavy atom. The number of nitrogens with one attached hydrogen (secondary N) is 1. The molecule has 0 aliphatic carbocycles. The quantitative estimate of drug-likeness (QED) is 0.831. The van der Waals surface area contributed by atoms with Crippen LogP contribution in [0.2, 0.25) is 10.0 Å². The van der Waals surface area contributed by atoms with Crippen molar-refractivity contribution < 1.29 is 0 Å². The summed E-state index contributed by atoms with van der Waals surface area (Å²) in [6, 6.07) is 13.7. The number of hydrogen-bond acceptors (Lipinski definition) is 1. The lowest BCUT2D eigenvalue weighted by molar-refractivity contribution is 1.14. The molecule has 0 aliphatic rings. The molecule has 88 valence electrons. The van der Waals surface area contributed by atoms with Gasteiger partial charge in [0.2, 0.25) is 0 Å². The maximum atomic E-state index is 6.07. The maximum absolute atomic E-state index is 6.07. The summed E-state index contributed by atoms with van der Waals surface area (Å²) in [5.41, 5.74) is 3.17. The van der Waals surface area contributed by atoms with Crippen LogP contribution < -0.4 is 5.32 Å². The van der Waals surface area contributed by atoms with E-state index in [1.807, 2.05) is 43.3 Å². The van der Waals surface area contributed by atoms with E-state index in [9.17, 15) is 0 Å². The molecule has 17 heavy (non-hydrogen) atoms. The Morgan fingerprint density at radius 1 is 1.00 bits per heavy atom. The van der Waals surface area contributed by atoms with Gasteiger partial charge >= 0.3 is 0 Å². The van der Waals surface area contributed by atoms with Crippen molar-refractivity contribution in [2.45, 2.75) is 13.5 Å². The topological polar surface area (TPSA) is 12.0 Å². The number of hydrogen-bond donors (Lipinski definition) is 1. The maximum Gasteiger partial charge on any atom is 0.0637 e. The van der Waals surface area contributed by atoms with Crippen molar-refractivity contribution in [2.24, 2.45) is 0 Å². The van der Waals surface area contributed by atoms with Gasteiger partial charge in [-0.05, 0) is 36.2 Å². The molecule has 0 saturated heterocycles. The molecule has 0 spiro atoms. The zero-order chi connectivity index (χ0) is 12.3. The molecule has 2 rings (SSSR count). The van der Waals surface area contributed by atoms with Crippen molar-refractivity contribution >= 4 is 28.9 Å². The third-order valence-corrected chi connectivity index (χ3v) is 3.33. The zero-order valence-corrected chi connectivity index (χ0v) is 11.0. The van der Waals surface area contributed by atoms with Gasteiger partial charge in [0.1, 0.15) is 0 Å². The summed E-state index contributed by atoms with van der Waals surface area (Å²) in [7, 11) is 0. The van der Waals surface area contributed by atoms with E-state index in [0.717, 1.165) is 26.9 Å². The Morgan fingerprint density at radius 3 is 2.47 bits per heavy atom. The average Bonchev–Trinajstić information content (AvgIpc) is 2.32. The van der Waals surface area contributed by atoms with Gasteiger partial charge in [-0.1, -0.05) is 47.5 Å². The minimum atomic E-state index is 0.712. The Balaban J connectivity index is 2.08. The van der Waals surface area contributed by atoms with E-state index in [1.54, 1.807) is 0 Å². The normalized spacial score (nSPS) is 10.3. The van der Waals surface area contributed by atoms with Gasteiger partial charge in [-0.25, -0.2) is 0 Å². The number of halogens is 2. The van der Waals surface area contributed by atoms with Crippen LogP contribution in [-0.2, 0) is 6.54 Å². The zero-order valence-electron chi connectivity index (χ0n) is 9.50. The summed E-state index contributed by atoms with van der Waals surface area (Å²) in [5, 5.41) is 4.81. The molecule has 0 heterocycles. The molecule has 3 heteroatoms. The van der Waals surface area contributed by atoms with Crippen LogP contribution in [0.15, 0.2) is 42.5 Å². The van der Waals surface area contributed by atoms with Crippen molar-refractivity contribution in [3.8, 4) is 0 Å². The summed E-state index contributed by atoms with van der Waals surface area (Å²) in [6.07, 6.45) is 0. The number of anilines is 1. The van der Waals surface area contributed by atoms with Crippen molar-refractivity contribution in [1.82, 2.24) is 0 Å². The first-order valence-electron chi connectivity index (χ1n) is 5.40. The standard InChI is InChI=1S/C14H13Cl2N/c1-10-6-7-11(8-13(10)16)9-17-14-5-3-2-4-12(14)15/h2-8,17H,9H2,1H3. The van der Waals surface area contributed by atoms with Gasteiger partial charge in [-0.2, -0.15) is 0 Å². The molecule has 0 unspecified atom stereocenters. The van der Waals surface area contributed by atoms with Gasteiger partial charge in [0.15, 0.2) is 0 Å². The highest BCUT2D eigenvalue weighted by atomic mass is 35.5. The second kappa shape index (κ2) is 5.44. The summed E-state index contributed by atoms with van der Waals surface area (Å²) in [6.45, 7) is 2.71. The number of benzene rings is 2. The first kappa shape index (κ1) is 12.3. The largest absolute Gasteiger partial charge is 0.380 e. The van der Waals surface area contributed by atoms with Crippen LogP contribution >= 0.6 is 23.2 Å². The Kier molecular flexibility index (Phi) is 3.93. The highest BCUT2D eigenvalue weighted by molar-refractivity contribution is 6.33. The van der Waals surface area contributed by atoms with Crippen molar-refractivity contribution in [2.75, 3.05) is 5.32 Å². The van der Waals surface area contributed by atoms with E-state index in [-0.39, 0.29) is 0 Å². The van der Waals surface area contributed by atoms with Gasteiger partial charge in [0.05, 0.1) is 10.7 Å². The lowest BCUT2D eigenvalue weighted by Crippen LogP contribution is -1.99. The Labute approximate surface area is 111 Å². The monoisotopic (exact) mass is 265 g/mol. The molecule has 0 atom stereocenters. The fourth-order valence-electron chi connectivity index (χ4n) is 1.55. The van der Waals surface area contributed by atoms with Crippen molar-refractivity contribution in [3.63, 3.8) is 0 Å². The molecular formula is C14H13Cl2N. The predicted molar refractivity (Wildman–Crippen MR) is 75.0 cm³/mol. The summed E-state index contributed by atoms with van der Waals surface area (Å²) in [5.74, 6) is 0. The van der Waals surface area contributed by atoms with Crippen LogP contribution in [0, 0.1) is 6.92 Å². The lowest BCUT2D eigenvalue weighted by Gasteiger charge is -2.09. The molecule has 0 saturated carbocycles. The molecule has 0 radical (unpaired) electrons. The van der Waals surface area contributed by atoms with Gasteiger partial charge in [-0.15, -0.1) is 0 Å². The van der Waals surface area contributed by atoms with Gasteiger partial charge in [0.25, 0.3) is 0 Å². The van der Waals surface area contributed by atoms with Crippen molar-refractivity contribution in [3.05, 3.63) is 63.6 Å². The Hall–Kier alpha value is -1.18. The van der Waals surface area contributed by atoms with E-state index in [2.05, 4.69) is 11.4 Å². The van der Waals surface area contributed by atoms with Gasteiger partial charge in [-0.3, -0.25) is 0 Å². The van der Waals surface area contributed by atoms with Crippen molar-refractivity contribution in [1.29, 1.82) is 0 Å². The molecule has 1 nitrogen and oxygen atoms in total. The molecule has 2 aromatic carbocycles. The fourth-order valence-corrected chi connectivity index (χ4v) is 1.95. The van der Waals surface area contributed by atoms with E-state index in [1.165, 1.54) is 0 Å². The fraction of sp³-hybridized carbons (Fsp3) is 0.143. The van der Waals surface area contributed by atoms with Crippen LogP contribution in [0.5, 0.6) is 0 Å². The smallest absolute Gasteiger partial charge is 0.0637 e. The molecule has 0 bridgehead atoms. The van der Waals surface area contributed by atoms with Gasteiger partial charge < -0.3 is 5.32 Å². The van der Waals surface area contributed by atoms with E-state index in [4.69, 9.17) is 23.2 Å². The molecule has 0 aromatic heterocycles. The highest BCUT2D eigenvalue weighted by Crippen LogP contribution is 2.22. The molecular weight excluding hydrogens is 253 g/mol. The number of aryl methyl sites for hydroxylation is 1. The van der Waals surface area contributed by atoms with Crippen LogP contribution in [0.25, 0.3) is 0 Å². The molecule has 2 aromatic rings. The van der Waals surface area contributed by atoms with E-state index >= 15 is 0 Å². The van der Waals surface area contributed by atoms with Crippen LogP contribution in [-0.4, -0.2) is 0 Å². The van der Waals surface area contributed by atoms with Crippen LogP contribution in [0.4, 0.5) is 5.69 Å². The van der Waals surface area contributed by atoms with E-state index in [0.29, 0.717) is 6.54 Å². The van der Waals surface area contributed by atoms with E-state index < -0.39 is 0 Å². The predicted octanol–water partition coefficient (Wildman–Crippen LogP) is 4.91. The SMILES string of the molecule is Cc1ccc(CNc2ccccc2Cl)cc1Cl. The first-order chi connectivity index (χ1) is 8.16. The number of para-hydroxylation sites is 1. The third-order valence-electron chi connectivity index (χ3n) is 2.59. The lowest BCUT2D eigenvalue weighted by atomic mass is 10.1. The third kappa shape index (κ3) is 3.15. The second-order valence-electron chi connectivity index (χ2n) is 3.92. The minimum Gasteiger partial charge on any atom is -0.380 e. The molecule has 0 fully saturated rings. The summed E-state index contributed by atoms with van der Waals surface area (Å²) >= 11 is 12.1. The second-order valence-corrected chi connectivity index (χ2v) is 4.73. The summed E-state index contributed by atoms with van der Waals surface area (Å²) in [4.78, 5) is 0. The molecule has 1 N–H and O–H groups in total. The van der Waals surface area contributed by atoms with Gasteiger partial charge in [0, 0.05) is 11.6 Å². The van der Waals surface area contributed by atoms with Crippen LogP contribution in [0.3, 0.4) is 0 Å². The van der Waals surface area contributed by atoms with Crippen LogP contribution in [0.1, 0.15) is 11.1 Å². The number of rotatable bonds is 3. The highest BCUT2D eigenvalue weighted by Gasteiger charge is 2.00. The minimum absolute atomic E-state index is 0.712. The first-order valence-corrected chi connectivity index (χ1v) is 6.16. The Bertz CT molecular complexity index is 523. The molecule has 0 amide bonds. The average molecular weight is 266 g/mol.